The summed E-state index contributed by atoms with van der Waals surface area (Å²) in [5.41, 5.74) is 1.98. The van der Waals surface area contributed by atoms with Crippen LogP contribution in [0, 0.1) is 0 Å². The van der Waals surface area contributed by atoms with Crippen LogP contribution in [0.4, 0.5) is 5.69 Å². The van der Waals surface area contributed by atoms with Gasteiger partial charge in [0.2, 0.25) is 5.91 Å². The molecule has 0 unspecified atom stereocenters. The Bertz CT molecular complexity index is 801. The lowest BCUT2D eigenvalue weighted by Crippen LogP contribution is -2.34. The molecule has 0 saturated heterocycles. The first-order valence-electron chi connectivity index (χ1n) is 9.06. The highest BCUT2D eigenvalue weighted by Gasteiger charge is 2.34. The molecule has 1 N–H and O–H groups in total. The summed E-state index contributed by atoms with van der Waals surface area (Å²) in [5, 5.41) is 2.88. The van der Waals surface area contributed by atoms with Crippen LogP contribution < -0.4 is 10.2 Å². The van der Waals surface area contributed by atoms with Gasteiger partial charge in [-0.05, 0) is 30.7 Å². The smallest absolute Gasteiger partial charge is 0.261 e. The van der Waals surface area contributed by atoms with Crippen molar-refractivity contribution in [2.24, 2.45) is 0 Å². The van der Waals surface area contributed by atoms with Crippen molar-refractivity contribution in [2.75, 3.05) is 31.6 Å². The molecule has 1 aliphatic rings. The predicted octanol–water partition coefficient (Wildman–Crippen LogP) is 2.32. The van der Waals surface area contributed by atoms with Gasteiger partial charge in [0.15, 0.2) is 0 Å². The van der Waals surface area contributed by atoms with Gasteiger partial charge >= 0.3 is 0 Å². The van der Waals surface area contributed by atoms with E-state index in [0.717, 1.165) is 5.69 Å². The minimum absolute atomic E-state index is 0.0759. The highest BCUT2D eigenvalue weighted by atomic mass is 16.2. The zero-order chi connectivity index (χ0) is 19.2. The Kier molecular flexibility index (Phi) is 5.86. The van der Waals surface area contributed by atoms with Gasteiger partial charge in [0, 0.05) is 38.8 Å². The van der Waals surface area contributed by atoms with Crippen LogP contribution in [0.15, 0.2) is 54.6 Å². The highest BCUT2D eigenvalue weighted by molar-refractivity contribution is 6.21. The number of rotatable bonds is 8. The van der Waals surface area contributed by atoms with Gasteiger partial charge in [-0.3, -0.25) is 19.3 Å². The van der Waals surface area contributed by atoms with E-state index in [-0.39, 0.29) is 30.7 Å². The Morgan fingerprint density at radius 1 is 0.963 bits per heavy atom. The number of fused-ring (bicyclic) bond motifs is 1. The second-order valence-corrected chi connectivity index (χ2v) is 6.52. The molecule has 0 bridgehead atoms. The van der Waals surface area contributed by atoms with E-state index in [1.165, 1.54) is 4.90 Å². The molecular weight excluding hydrogens is 342 g/mol. The summed E-state index contributed by atoms with van der Waals surface area (Å²) < 4.78 is 0. The van der Waals surface area contributed by atoms with Crippen LogP contribution >= 0.6 is 0 Å². The molecule has 1 aliphatic heterocycles. The van der Waals surface area contributed by atoms with Crippen LogP contribution in [0.5, 0.6) is 0 Å². The van der Waals surface area contributed by atoms with Gasteiger partial charge in [0.05, 0.1) is 11.1 Å². The SMILES string of the molecule is CN(CCNC(=O)CCCN1C(=O)c2ccccc2C1=O)c1ccccc1. The van der Waals surface area contributed by atoms with Crippen LogP contribution in [0.1, 0.15) is 33.6 Å². The molecule has 2 aromatic carbocycles. The predicted molar refractivity (Wildman–Crippen MR) is 104 cm³/mol. The fourth-order valence-corrected chi connectivity index (χ4v) is 3.10. The first-order chi connectivity index (χ1) is 13.1. The van der Waals surface area contributed by atoms with Crippen LogP contribution in [0.2, 0.25) is 0 Å². The average molecular weight is 365 g/mol. The maximum Gasteiger partial charge on any atom is 0.261 e. The molecule has 0 spiro atoms. The number of hydrogen-bond acceptors (Lipinski definition) is 4. The molecule has 6 nitrogen and oxygen atoms in total. The van der Waals surface area contributed by atoms with Gasteiger partial charge in [-0.2, -0.15) is 0 Å². The Hall–Kier alpha value is -3.15. The molecule has 3 rings (SSSR count). The monoisotopic (exact) mass is 365 g/mol. The van der Waals surface area contributed by atoms with Crippen molar-refractivity contribution in [3.05, 3.63) is 65.7 Å². The molecular formula is C21H23N3O3. The van der Waals surface area contributed by atoms with Crippen LogP contribution in [0.25, 0.3) is 0 Å². The van der Waals surface area contributed by atoms with Crippen LogP contribution in [-0.2, 0) is 4.79 Å². The molecule has 0 atom stereocenters. The molecule has 0 aromatic heterocycles. The molecule has 0 radical (unpaired) electrons. The summed E-state index contributed by atoms with van der Waals surface area (Å²) in [4.78, 5) is 39.8. The minimum atomic E-state index is -0.277. The lowest BCUT2D eigenvalue weighted by molar-refractivity contribution is -0.121. The summed E-state index contributed by atoms with van der Waals surface area (Å²) >= 11 is 0. The minimum Gasteiger partial charge on any atom is -0.373 e. The van der Waals surface area contributed by atoms with Crippen molar-refractivity contribution >= 4 is 23.4 Å². The quantitative estimate of drug-likeness (QED) is 0.729. The first-order valence-corrected chi connectivity index (χ1v) is 9.06. The number of amides is 3. The second-order valence-electron chi connectivity index (χ2n) is 6.52. The maximum absolute atomic E-state index is 12.3. The molecule has 27 heavy (non-hydrogen) atoms. The van der Waals surface area contributed by atoms with Crippen molar-refractivity contribution in [3.8, 4) is 0 Å². The number of anilines is 1. The number of carbonyl (C=O) groups excluding carboxylic acids is 3. The third kappa shape index (κ3) is 4.34. The van der Waals surface area contributed by atoms with Gasteiger partial charge in [-0.25, -0.2) is 0 Å². The van der Waals surface area contributed by atoms with E-state index in [9.17, 15) is 14.4 Å². The molecule has 6 heteroatoms. The van der Waals surface area contributed by atoms with Gasteiger partial charge < -0.3 is 10.2 Å². The molecule has 1 heterocycles. The highest BCUT2D eigenvalue weighted by Crippen LogP contribution is 2.22. The van der Waals surface area contributed by atoms with Gasteiger partial charge in [0.1, 0.15) is 0 Å². The van der Waals surface area contributed by atoms with Gasteiger partial charge in [0.25, 0.3) is 11.8 Å². The van der Waals surface area contributed by atoms with E-state index in [4.69, 9.17) is 0 Å². The summed E-state index contributed by atoms with van der Waals surface area (Å²) in [5.74, 6) is -0.631. The lowest BCUT2D eigenvalue weighted by Gasteiger charge is -2.19. The molecule has 0 aliphatic carbocycles. The third-order valence-electron chi connectivity index (χ3n) is 4.63. The Morgan fingerprint density at radius 3 is 2.19 bits per heavy atom. The van der Waals surface area contributed by atoms with Crippen molar-refractivity contribution in [2.45, 2.75) is 12.8 Å². The van der Waals surface area contributed by atoms with Crippen LogP contribution in [-0.4, -0.2) is 49.3 Å². The summed E-state index contributed by atoms with van der Waals surface area (Å²) in [7, 11) is 1.98. The normalized spacial score (nSPS) is 12.9. The van der Waals surface area contributed by atoms with E-state index >= 15 is 0 Å². The number of hydrogen-bond donors (Lipinski definition) is 1. The van der Waals surface area contributed by atoms with Crippen LogP contribution in [0.3, 0.4) is 0 Å². The first kappa shape index (κ1) is 18.6. The third-order valence-corrected chi connectivity index (χ3v) is 4.63. The molecule has 140 valence electrons. The van der Waals surface area contributed by atoms with Gasteiger partial charge in [-0.1, -0.05) is 30.3 Å². The van der Waals surface area contributed by atoms with Crippen molar-refractivity contribution in [1.29, 1.82) is 0 Å². The number of imide groups is 1. The average Bonchev–Trinajstić information content (AvgIpc) is 2.94. The molecule has 2 aromatic rings. The zero-order valence-corrected chi connectivity index (χ0v) is 15.4. The zero-order valence-electron chi connectivity index (χ0n) is 15.4. The van der Waals surface area contributed by atoms with Crippen molar-refractivity contribution in [3.63, 3.8) is 0 Å². The Labute approximate surface area is 158 Å². The molecule has 0 saturated carbocycles. The summed E-state index contributed by atoms with van der Waals surface area (Å²) in [6, 6.07) is 16.8. The van der Waals surface area contributed by atoms with E-state index in [2.05, 4.69) is 10.2 Å². The standard InChI is InChI=1S/C21H23N3O3/c1-23(16-8-3-2-4-9-16)15-13-22-19(25)12-7-14-24-20(26)17-10-5-6-11-18(17)21(24)27/h2-6,8-11H,7,12-15H2,1H3,(H,22,25). The summed E-state index contributed by atoms with van der Waals surface area (Å²) in [6.07, 6.45) is 0.730. The van der Waals surface area contributed by atoms with Crippen molar-refractivity contribution < 1.29 is 14.4 Å². The van der Waals surface area contributed by atoms with E-state index < -0.39 is 0 Å². The summed E-state index contributed by atoms with van der Waals surface area (Å²) in [6.45, 7) is 1.50. The lowest BCUT2D eigenvalue weighted by atomic mass is 10.1. The fraction of sp³-hybridized carbons (Fsp3) is 0.286. The Morgan fingerprint density at radius 2 is 1.56 bits per heavy atom. The Balaban J connectivity index is 1.38. The number of para-hydroxylation sites is 1. The van der Waals surface area contributed by atoms with Crippen molar-refractivity contribution in [1.82, 2.24) is 10.2 Å². The second kappa shape index (κ2) is 8.49. The number of nitrogens with zero attached hydrogens (tertiary/aromatic N) is 2. The number of benzene rings is 2. The molecule has 0 fully saturated rings. The molecule has 3 amide bonds. The largest absolute Gasteiger partial charge is 0.373 e. The van der Waals surface area contributed by atoms with E-state index in [1.807, 2.05) is 37.4 Å². The van der Waals surface area contributed by atoms with E-state index in [0.29, 0.717) is 30.6 Å². The topological polar surface area (TPSA) is 69.7 Å². The number of likely N-dealkylation sites (N-methyl/N-ethyl adjacent to an activating group) is 1. The fourth-order valence-electron chi connectivity index (χ4n) is 3.10. The van der Waals surface area contributed by atoms with Gasteiger partial charge in [-0.15, -0.1) is 0 Å². The number of carbonyl (C=O) groups is 3. The van der Waals surface area contributed by atoms with E-state index in [1.54, 1.807) is 24.3 Å². The number of nitrogens with one attached hydrogen (secondary N) is 1. The maximum atomic E-state index is 12.3.